The zero-order valence-corrected chi connectivity index (χ0v) is 21.5. The van der Waals surface area contributed by atoms with E-state index in [4.69, 9.17) is 21.1 Å². The van der Waals surface area contributed by atoms with E-state index in [2.05, 4.69) is 15.9 Å². The van der Waals surface area contributed by atoms with Gasteiger partial charge in [0, 0.05) is 5.02 Å². The molecule has 0 aromatic heterocycles. The molecule has 3 aromatic carbocycles. The first-order valence-corrected chi connectivity index (χ1v) is 12.5. The van der Waals surface area contributed by atoms with Gasteiger partial charge in [-0.1, -0.05) is 41.9 Å². The SMILES string of the molecule is Cc1cccc(OCCN2C(=O)S/C(=C\c3ccc(OCc4ccc(Cl)cc4)c(Br)c3)C2=O)c1. The van der Waals surface area contributed by atoms with Crippen molar-refractivity contribution in [2.75, 3.05) is 13.2 Å². The van der Waals surface area contributed by atoms with Crippen molar-refractivity contribution in [2.45, 2.75) is 13.5 Å². The molecule has 0 saturated carbocycles. The molecule has 0 radical (unpaired) electrons. The van der Waals surface area contributed by atoms with Gasteiger partial charge in [-0.15, -0.1) is 0 Å². The van der Waals surface area contributed by atoms with E-state index >= 15 is 0 Å². The van der Waals surface area contributed by atoms with Crippen LogP contribution in [-0.4, -0.2) is 29.2 Å². The summed E-state index contributed by atoms with van der Waals surface area (Å²) in [6, 6.07) is 20.6. The van der Waals surface area contributed by atoms with Gasteiger partial charge in [-0.05, 0) is 93.8 Å². The maximum Gasteiger partial charge on any atom is 0.293 e. The van der Waals surface area contributed by atoms with Crippen molar-refractivity contribution in [1.29, 1.82) is 0 Å². The van der Waals surface area contributed by atoms with Gasteiger partial charge in [0.25, 0.3) is 11.1 Å². The molecule has 8 heteroatoms. The van der Waals surface area contributed by atoms with Gasteiger partial charge >= 0.3 is 0 Å². The summed E-state index contributed by atoms with van der Waals surface area (Å²) in [6.07, 6.45) is 1.71. The van der Waals surface area contributed by atoms with E-state index < -0.39 is 0 Å². The van der Waals surface area contributed by atoms with E-state index in [-0.39, 0.29) is 24.3 Å². The predicted molar refractivity (Wildman–Crippen MR) is 139 cm³/mol. The number of nitrogens with zero attached hydrogens (tertiary/aromatic N) is 1. The number of halogens is 2. The van der Waals surface area contributed by atoms with Crippen LogP contribution in [0.1, 0.15) is 16.7 Å². The van der Waals surface area contributed by atoms with Crippen LogP contribution < -0.4 is 9.47 Å². The number of hydrogen-bond donors (Lipinski definition) is 0. The summed E-state index contributed by atoms with van der Waals surface area (Å²) in [7, 11) is 0. The molecule has 0 N–H and O–H groups in total. The summed E-state index contributed by atoms with van der Waals surface area (Å²) in [5.74, 6) is 1.07. The third kappa shape index (κ3) is 6.23. The minimum absolute atomic E-state index is 0.192. The summed E-state index contributed by atoms with van der Waals surface area (Å²) in [4.78, 5) is 26.7. The van der Waals surface area contributed by atoms with E-state index in [9.17, 15) is 9.59 Å². The van der Waals surface area contributed by atoms with Crippen LogP contribution >= 0.6 is 39.3 Å². The summed E-state index contributed by atoms with van der Waals surface area (Å²) in [6.45, 7) is 2.81. The number of aryl methyl sites for hydroxylation is 1. The smallest absolute Gasteiger partial charge is 0.293 e. The largest absolute Gasteiger partial charge is 0.492 e. The normalized spacial score (nSPS) is 14.7. The second-order valence-electron chi connectivity index (χ2n) is 7.60. The number of carbonyl (C=O) groups is 2. The molecule has 0 atom stereocenters. The molecule has 5 nitrogen and oxygen atoms in total. The van der Waals surface area contributed by atoms with Gasteiger partial charge in [-0.2, -0.15) is 0 Å². The molecule has 3 aromatic rings. The number of rotatable bonds is 8. The van der Waals surface area contributed by atoms with Gasteiger partial charge < -0.3 is 9.47 Å². The zero-order valence-electron chi connectivity index (χ0n) is 18.3. The Morgan fingerprint density at radius 2 is 1.82 bits per heavy atom. The molecular weight excluding hydrogens is 538 g/mol. The number of ether oxygens (including phenoxy) is 2. The third-order valence-corrected chi connectivity index (χ3v) is 6.79. The monoisotopic (exact) mass is 557 g/mol. The maximum absolute atomic E-state index is 12.8. The Morgan fingerprint density at radius 1 is 1.03 bits per heavy atom. The highest BCUT2D eigenvalue weighted by molar-refractivity contribution is 9.10. The highest BCUT2D eigenvalue weighted by Gasteiger charge is 2.34. The van der Waals surface area contributed by atoms with Gasteiger partial charge in [-0.3, -0.25) is 14.5 Å². The quantitative estimate of drug-likeness (QED) is 0.276. The van der Waals surface area contributed by atoms with Crippen molar-refractivity contribution in [1.82, 2.24) is 4.90 Å². The lowest BCUT2D eigenvalue weighted by molar-refractivity contribution is -0.123. The van der Waals surface area contributed by atoms with E-state index in [0.29, 0.717) is 28.0 Å². The first-order valence-electron chi connectivity index (χ1n) is 10.5. The van der Waals surface area contributed by atoms with Crippen LogP contribution in [0.4, 0.5) is 4.79 Å². The van der Waals surface area contributed by atoms with Gasteiger partial charge in [0.2, 0.25) is 0 Å². The molecule has 0 spiro atoms. The molecule has 174 valence electrons. The fourth-order valence-electron chi connectivity index (χ4n) is 3.27. The van der Waals surface area contributed by atoms with Crippen molar-refractivity contribution in [3.63, 3.8) is 0 Å². The molecule has 34 heavy (non-hydrogen) atoms. The first kappa shape index (κ1) is 24.4. The first-order chi connectivity index (χ1) is 16.4. The number of thioether (sulfide) groups is 1. The standard InChI is InChI=1S/C26H21BrClNO4S/c1-17-3-2-4-21(13-17)32-12-11-29-25(30)24(34-26(29)31)15-19-7-10-23(22(27)14-19)33-16-18-5-8-20(28)9-6-18/h2-10,13-15H,11-12,16H2,1H3/b24-15-. The van der Waals surface area contributed by atoms with E-state index in [0.717, 1.165) is 32.9 Å². The Bertz CT molecular complexity index is 1250. The summed E-state index contributed by atoms with van der Waals surface area (Å²) in [5, 5.41) is 0.378. The Hall–Kier alpha value is -2.74. The molecule has 0 unspecified atom stereocenters. The minimum Gasteiger partial charge on any atom is -0.492 e. The average molecular weight is 559 g/mol. The lowest BCUT2D eigenvalue weighted by Gasteiger charge is -2.13. The lowest BCUT2D eigenvalue weighted by Crippen LogP contribution is -2.32. The molecule has 1 fully saturated rings. The van der Waals surface area contributed by atoms with Crippen LogP contribution in [0.5, 0.6) is 11.5 Å². The van der Waals surface area contributed by atoms with Crippen molar-refractivity contribution in [2.24, 2.45) is 0 Å². The van der Waals surface area contributed by atoms with Crippen LogP contribution in [0.2, 0.25) is 5.02 Å². The van der Waals surface area contributed by atoms with Gasteiger partial charge in [0.1, 0.15) is 24.7 Å². The summed E-state index contributed by atoms with van der Waals surface area (Å²) < 4.78 is 12.3. The van der Waals surface area contributed by atoms with Crippen molar-refractivity contribution in [3.05, 3.63) is 97.8 Å². The van der Waals surface area contributed by atoms with Crippen LogP contribution in [0, 0.1) is 6.92 Å². The highest BCUT2D eigenvalue weighted by atomic mass is 79.9. The molecule has 4 rings (SSSR count). The molecule has 0 bridgehead atoms. The van der Waals surface area contributed by atoms with Crippen LogP contribution in [0.3, 0.4) is 0 Å². The molecular formula is C26H21BrClNO4S. The third-order valence-electron chi connectivity index (χ3n) is 5.01. The molecule has 1 heterocycles. The fourth-order valence-corrected chi connectivity index (χ4v) is 4.77. The predicted octanol–water partition coefficient (Wildman–Crippen LogP) is 7.11. The Balaban J connectivity index is 1.36. The Labute approximate surface area is 215 Å². The molecule has 2 amide bonds. The Morgan fingerprint density at radius 3 is 2.56 bits per heavy atom. The zero-order chi connectivity index (χ0) is 24.1. The number of benzene rings is 3. The van der Waals surface area contributed by atoms with Gasteiger partial charge in [0.05, 0.1) is 15.9 Å². The lowest BCUT2D eigenvalue weighted by atomic mass is 10.2. The van der Waals surface area contributed by atoms with Crippen molar-refractivity contribution >= 4 is 56.5 Å². The number of hydrogen-bond acceptors (Lipinski definition) is 5. The van der Waals surface area contributed by atoms with Crippen LogP contribution in [0.25, 0.3) is 6.08 Å². The van der Waals surface area contributed by atoms with Gasteiger partial charge in [0.15, 0.2) is 0 Å². The van der Waals surface area contributed by atoms with Crippen molar-refractivity contribution in [3.8, 4) is 11.5 Å². The van der Waals surface area contributed by atoms with E-state index in [1.165, 1.54) is 4.90 Å². The van der Waals surface area contributed by atoms with Crippen LogP contribution in [0.15, 0.2) is 76.1 Å². The number of amides is 2. The summed E-state index contributed by atoms with van der Waals surface area (Å²) in [5.41, 5.74) is 2.87. The van der Waals surface area contributed by atoms with E-state index in [1.807, 2.05) is 73.7 Å². The fraction of sp³-hybridized carbons (Fsp3) is 0.154. The topological polar surface area (TPSA) is 55.8 Å². The molecule has 1 saturated heterocycles. The second-order valence-corrected chi connectivity index (χ2v) is 9.89. The second kappa shape index (κ2) is 11.1. The minimum atomic E-state index is -0.318. The highest BCUT2D eigenvalue weighted by Crippen LogP contribution is 2.34. The van der Waals surface area contributed by atoms with Crippen molar-refractivity contribution < 1.29 is 19.1 Å². The Kier molecular flexibility index (Phi) is 7.98. The summed E-state index contributed by atoms with van der Waals surface area (Å²) >= 11 is 10.4. The number of imide groups is 1. The molecule has 1 aliphatic heterocycles. The van der Waals surface area contributed by atoms with Crippen LogP contribution in [-0.2, 0) is 11.4 Å². The number of carbonyl (C=O) groups excluding carboxylic acids is 2. The average Bonchev–Trinajstić information content (AvgIpc) is 3.07. The molecule has 1 aliphatic rings. The molecule has 0 aliphatic carbocycles. The maximum atomic E-state index is 12.8. The van der Waals surface area contributed by atoms with Gasteiger partial charge in [-0.25, -0.2) is 0 Å². The van der Waals surface area contributed by atoms with E-state index in [1.54, 1.807) is 6.08 Å².